The van der Waals surface area contributed by atoms with Gasteiger partial charge in [0.05, 0.1) is 11.9 Å². The molecule has 6 nitrogen and oxygen atoms in total. The molecule has 0 radical (unpaired) electrons. The molecule has 1 aliphatic heterocycles. The third kappa shape index (κ3) is 4.47. The zero-order valence-corrected chi connectivity index (χ0v) is 18.5. The Morgan fingerprint density at radius 1 is 1.33 bits per heavy atom. The lowest BCUT2D eigenvalue weighted by Crippen LogP contribution is -2.34. The Hall–Kier alpha value is -2.51. The third-order valence-corrected chi connectivity index (χ3v) is 6.80. The molecule has 2 aromatic rings. The van der Waals surface area contributed by atoms with Crippen LogP contribution in [0.1, 0.15) is 43.0 Å². The molecule has 2 aliphatic rings. The molecule has 0 spiro atoms. The van der Waals surface area contributed by atoms with Gasteiger partial charge in [0.2, 0.25) is 5.91 Å². The predicted molar refractivity (Wildman–Crippen MR) is 124 cm³/mol. The molecule has 0 saturated heterocycles. The van der Waals surface area contributed by atoms with Gasteiger partial charge in [-0.15, -0.1) is 11.3 Å². The molecule has 0 bridgehead atoms. The first-order valence-corrected chi connectivity index (χ1v) is 11.5. The van der Waals surface area contributed by atoms with E-state index >= 15 is 0 Å². The first-order chi connectivity index (χ1) is 14.7. The number of nitrogens with zero attached hydrogens (tertiary/aromatic N) is 3. The Labute approximate surface area is 181 Å². The summed E-state index contributed by atoms with van der Waals surface area (Å²) in [6.07, 6.45) is 15.1. The molecule has 1 amide bonds. The van der Waals surface area contributed by atoms with Crippen LogP contribution in [0.5, 0.6) is 0 Å². The highest BCUT2D eigenvalue weighted by Gasteiger charge is 2.25. The number of hydrogen-bond donors (Lipinski definition) is 2. The van der Waals surface area contributed by atoms with Crippen molar-refractivity contribution in [3.8, 4) is 0 Å². The summed E-state index contributed by atoms with van der Waals surface area (Å²) in [5.41, 5.74) is 3.89. The number of fused-ring (bicyclic) bond motifs is 3. The summed E-state index contributed by atoms with van der Waals surface area (Å²) < 4.78 is 0. The quantitative estimate of drug-likeness (QED) is 0.683. The van der Waals surface area contributed by atoms with Crippen LogP contribution in [0.3, 0.4) is 0 Å². The number of anilines is 1. The summed E-state index contributed by atoms with van der Waals surface area (Å²) in [4.78, 5) is 25.7. The number of thiophene rings is 1. The molecule has 2 N–H and O–H groups in total. The van der Waals surface area contributed by atoms with E-state index in [2.05, 4.69) is 39.7 Å². The summed E-state index contributed by atoms with van der Waals surface area (Å²) in [5.74, 6) is 0.949. The second kappa shape index (κ2) is 9.53. The number of nitrogens with one attached hydrogen (secondary N) is 2. The van der Waals surface area contributed by atoms with E-state index in [0.717, 1.165) is 54.0 Å². The summed E-state index contributed by atoms with van der Waals surface area (Å²) in [6, 6.07) is 0. The minimum absolute atomic E-state index is 0.0682. The highest BCUT2D eigenvalue weighted by atomic mass is 32.1. The molecule has 0 atom stereocenters. The molecular formula is C23H29N5OS. The average Bonchev–Trinajstić information content (AvgIpc) is 2.98. The van der Waals surface area contributed by atoms with Crippen molar-refractivity contribution in [2.75, 3.05) is 25.5 Å². The topological polar surface area (TPSA) is 70.2 Å². The molecule has 7 heteroatoms. The van der Waals surface area contributed by atoms with Gasteiger partial charge in [-0.05, 0) is 50.8 Å². The first-order valence-electron chi connectivity index (χ1n) is 10.7. The van der Waals surface area contributed by atoms with Crippen molar-refractivity contribution in [1.82, 2.24) is 20.2 Å². The number of rotatable bonds is 6. The van der Waals surface area contributed by atoms with E-state index in [1.165, 1.54) is 22.4 Å². The van der Waals surface area contributed by atoms with Gasteiger partial charge in [-0.1, -0.05) is 24.6 Å². The van der Waals surface area contributed by atoms with Gasteiger partial charge in [0.1, 0.15) is 17.0 Å². The van der Waals surface area contributed by atoms with Crippen LogP contribution >= 0.6 is 11.3 Å². The Bertz CT molecular complexity index is 1020. The summed E-state index contributed by atoms with van der Waals surface area (Å²) in [7, 11) is 1.87. The van der Waals surface area contributed by atoms with Crippen molar-refractivity contribution in [2.45, 2.75) is 45.6 Å². The number of hydrogen-bond acceptors (Lipinski definition) is 6. The van der Waals surface area contributed by atoms with Crippen LogP contribution < -0.4 is 10.6 Å². The van der Waals surface area contributed by atoms with Crippen LogP contribution in [0.15, 0.2) is 41.9 Å². The van der Waals surface area contributed by atoms with E-state index in [1.807, 2.05) is 18.0 Å². The van der Waals surface area contributed by atoms with Gasteiger partial charge in [-0.25, -0.2) is 9.97 Å². The average molecular weight is 424 g/mol. The Morgan fingerprint density at radius 2 is 2.23 bits per heavy atom. The predicted octanol–water partition coefficient (Wildman–Crippen LogP) is 4.17. The smallest absolute Gasteiger partial charge is 0.246 e. The maximum Gasteiger partial charge on any atom is 0.246 e. The highest BCUT2D eigenvalue weighted by Crippen LogP contribution is 2.38. The molecule has 30 heavy (non-hydrogen) atoms. The van der Waals surface area contributed by atoms with E-state index in [9.17, 15) is 4.79 Å². The molecule has 0 fully saturated rings. The van der Waals surface area contributed by atoms with E-state index in [1.54, 1.807) is 23.7 Å². The Kier molecular flexibility index (Phi) is 6.59. The molecule has 0 saturated carbocycles. The lowest BCUT2D eigenvalue weighted by molar-refractivity contribution is -0.126. The van der Waals surface area contributed by atoms with Gasteiger partial charge in [0, 0.05) is 29.7 Å². The molecule has 158 valence electrons. The van der Waals surface area contributed by atoms with Gasteiger partial charge in [-0.3, -0.25) is 4.79 Å². The first kappa shape index (κ1) is 20.8. The molecule has 3 heterocycles. The van der Waals surface area contributed by atoms with Gasteiger partial charge >= 0.3 is 0 Å². The fourth-order valence-electron chi connectivity index (χ4n) is 4.03. The fraction of sp³-hybridized carbons (Fsp3) is 0.435. The summed E-state index contributed by atoms with van der Waals surface area (Å²) in [6.45, 7) is 4.27. The van der Waals surface area contributed by atoms with Crippen molar-refractivity contribution in [1.29, 1.82) is 0 Å². The maximum atomic E-state index is 12.5. The number of carbonyl (C=O) groups is 1. The normalized spacial score (nSPS) is 16.9. The van der Waals surface area contributed by atoms with Crippen molar-refractivity contribution >= 4 is 33.3 Å². The highest BCUT2D eigenvalue weighted by molar-refractivity contribution is 7.19. The zero-order valence-electron chi connectivity index (χ0n) is 17.7. The second-order valence-corrected chi connectivity index (χ2v) is 8.79. The van der Waals surface area contributed by atoms with Crippen molar-refractivity contribution < 1.29 is 4.79 Å². The van der Waals surface area contributed by atoms with Crippen LogP contribution in [-0.4, -0.2) is 40.9 Å². The number of amides is 1. The molecule has 2 aromatic heterocycles. The number of carbonyl (C=O) groups excluding carboxylic acids is 1. The molecule has 0 unspecified atom stereocenters. The zero-order chi connectivity index (χ0) is 20.9. The maximum absolute atomic E-state index is 12.5. The number of aromatic nitrogens is 2. The van der Waals surface area contributed by atoms with Crippen molar-refractivity contribution in [3.63, 3.8) is 0 Å². The fourth-order valence-corrected chi connectivity index (χ4v) is 5.24. The number of allylic oxidation sites excluding steroid dienone is 3. The van der Waals surface area contributed by atoms with Crippen LogP contribution in [0.4, 0.5) is 5.82 Å². The molecule has 0 aromatic carbocycles. The van der Waals surface area contributed by atoms with E-state index in [-0.39, 0.29) is 5.91 Å². The monoisotopic (exact) mass is 423 g/mol. The summed E-state index contributed by atoms with van der Waals surface area (Å²) in [5, 5.41) is 7.71. The van der Waals surface area contributed by atoms with Crippen molar-refractivity contribution in [3.05, 3.63) is 52.3 Å². The van der Waals surface area contributed by atoms with Crippen LogP contribution in [-0.2, 0) is 17.8 Å². The molecular weight excluding hydrogens is 394 g/mol. The minimum atomic E-state index is 0.0682. The van der Waals surface area contributed by atoms with Crippen LogP contribution in [0.2, 0.25) is 0 Å². The van der Waals surface area contributed by atoms with Gasteiger partial charge < -0.3 is 15.5 Å². The van der Waals surface area contributed by atoms with Crippen molar-refractivity contribution in [2.24, 2.45) is 0 Å². The third-order valence-electron chi connectivity index (χ3n) is 5.67. The van der Waals surface area contributed by atoms with E-state index in [4.69, 9.17) is 0 Å². The van der Waals surface area contributed by atoms with E-state index in [0.29, 0.717) is 13.1 Å². The summed E-state index contributed by atoms with van der Waals surface area (Å²) >= 11 is 1.68. The minimum Gasteiger partial charge on any atom is -0.340 e. The van der Waals surface area contributed by atoms with Gasteiger partial charge in [0.15, 0.2) is 0 Å². The lowest BCUT2D eigenvalue weighted by Gasteiger charge is -2.26. The Balaban J connectivity index is 1.60. The van der Waals surface area contributed by atoms with Gasteiger partial charge in [0.25, 0.3) is 0 Å². The largest absolute Gasteiger partial charge is 0.340 e. The van der Waals surface area contributed by atoms with Crippen LogP contribution in [0.25, 0.3) is 10.2 Å². The number of likely N-dealkylation sites (N-methyl/N-ethyl adjacent to an activating group) is 1. The lowest BCUT2D eigenvalue weighted by atomic mass is 10.0. The standard InChI is InChI=1S/C23H29N5OS/c1-3-16-7-4-5-8-17(13-16)27-22-21-18-10-12-28(20(29)9-6-11-24-2)14-19(18)30-23(21)26-15-25-22/h6,8-9,13,15,24H,3-5,7,10-12,14H2,1-2H3,(H,25,26,27)/b9-6+. The molecule has 4 rings (SSSR count). The molecule has 1 aliphatic carbocycles. The van der Waals surface area contributed by atoms with E-state index < -0.39 is 0 Å². The second-order valence-electron chi connectivity index (χ2n) is 7.71. The SMILES string of the molecule is CCC1=CC(Nc2ncnc3sc4c(c23)CCN(C(=O)/C=C/CNC)C4)=CCCC1. The Morgan fingerprint density at radius 3 is 3.07 bits per heavy atom. The van der Waals surface area contributed by atoms with Gasteiger partial charge in [-0.2, -0.15) is 0 Å². The van der Waals surface area contributed by atoms with Crippen LogP contribution in [0, 0.1) is 0 Å².